The smallest absolute Gasteiger partial charge is 0.317 e. The third-order valence-corrected chi connectivity index (χ3v) is 3.43. The quantitative estimate of drug-likeness (QED) is 0.576. The molecule has 1 aliphatic rings. The molecule has 1 saturated heterocycles. The number of hydrogen-bond acceptors (Lipinski definition) is 6. The van der Waals surface area contributed by atoms with E-state index in [1.165, 1.54) is 6.39 Å². The number of rotatable bonds is 6. The predicted molar refractivity (Wildman–Crippen MR) is 82.6 cm³/mol. The van der Waals surface area contributed by atoms with E-state index in [4.69, 9.17) is 9.90 Å². The van der Waals surface area contributed by atoms with E-state index < -0.39 is 0 Å². The van der Waals surface area contributed by atoms with Crippen LogP contribution < -0.4 is 5.32 Å². The number of likely N-dealkylation sites (tertiary alicyclic amines) is 1. The van der Waals surface area contributed by atoms with Crippen LogP contribution in [0.25, 0.3) is 0 Å². The van der Waals surface area contributed by atoms with Crippen LogP contribution in [-0.2, 0) is 11.3 Å². The highest BCUT2D eigenvalue weighted by molar-refractivity contribution is 5.73. The van der Waals surface area contributed by atoms with Crippen LogP contribution in [0.2, 0.25) is 0 Å². The number of hydrogen-bond donors (Lipinski definition) is 2. The molecule has 0 bridgehead atoms. The summed E-state index contributed by atoms with van der Waals surface area (Å²) in [7, 11) is 1.71. The van der Waals surface area contributed by atoms with Gasteiger partial charge >= 0.3 is 6.03 Å². The Hall–Kier alpha value is -2.42. The Kier molecular flexibility index (Phi) is 8.37. The van der Waals surface area contributed by atoms with Gasteiger partial charge in [-0.15, -0.1) is 6.58 Å². The van der Waals surface area contributed by atoms with Crippen molar-refractivity contribution >= 4 is 12.5 Å². The Labute approximate surface area is 134 Å². The maximum Gasteiger partial charge on any atom is 0.317 e. The molecule has 1 fully saturated rings. The highest BCUT2D eigenvalue weighted by Crippen LogP contribution is 2.14. The van der Waals surface area contributed by atoms with Gasteiger partial charge in [-0.1, -0.05) is 11.2 Å². The Bertz CT molecular complexity index is 480. The standard InChI is InChI=1S/C13H21N5O2.CH2O2/c1-3-5-18-6-4-11(8-18)7-14-13(19)17(2)9-12-15-10-20-16-12;2-1-3/h3,10-11H,1,4-9H2,2H3,(H,14,19);1H,(H,2,3). The van der Waals surface area contributed by atoms with Crippen molar-refractivity contribution in [2.24, 2.45) is 5.92 Å². The van der Waals surface area contributed by atoms with E-state index in [9.17, 15) is 4.79 Å². The number of aromatic nitrogens is 2. The lowest BCUT2D eigenvalue weighted by molar-refractivity contribution is -0.122. The summed E-state index contributed by atoms with van der Waals surface area (Å²) in [6.45, 7) is 7.54. The van der Waals surface area contributed by atoms with Gasteiger partial charge < -0.3 is 19.8 Å². The zero-order valence-electron chi connectivity index (χ0n) is 13.2. The summed E-state index contributed by atoms with van der Waals surface area (Å²) in [5.74, 6) is 1.01. The molecular weight excluding hydrogens is 302 g/mol. The van der Waals surface area contributed by atoms with Crippen molar-refractivity contribution < 1.29 is 19.2 Å². The van der Waals surface area contributed by atoms with Gasteiger partial charge in [0.15, 0.2) is 5.82 Å². The minimum atomic E-state index is -0.250. The molecule has 9 heteroatoms. The monoisotopic (exact) mass is 325 g/mol. The van der Waals surface area contributed by atoms with Crippen LogP contribution in [0.5, 0.6) is 0 Å². The molecule has 0 spiro atoms. The summed E-state index contributed by atoms with van der Waals surface area (Å²) in [6, 6.07) is -0.114. The van der Waals surface area contributed by atoms with Gasteiger partial charge in [-0.25, -0.2) is 4.79 Å². The topological polar surface area (TPSA) is 112 Å². The highest BCUT2D eigenvalue weighted by Gasteiger charge is 2.22. The zero-order valence-corrected chi connectivity index (χ0v) is 13.2. The number of nitrogens with one attached hydrogen (secondary N) is 1. The molecule has 0 radical (unpaired) electrons. The maximum absolute atomic E-state index is 11.9. The molecule has 2 heterocycles. The molecule has 2 rings (SSSR count). The fraction of sp³-hybridized carbons (Fsp3) is 0.571. The lowest BCUT2D eigenvalue weighted by Gasteiger charge is -2.18. The van der Waals surface area contributed by atoms with Crippen molar-refractivity contribution in [2.75, 3.05) is 33.2 Å². The largest absolute Gasteiger partial charge is 0.483 e. The number of nitrogens with zero attached hydrogens (tertiary/aromatic N) is 4. The predicted octanol–water partition coefficient (Wildman–Crippen LogP) is 0.420. The van der Waals surface area contributed by atoms with Crippen molar-refractivity contribution in [1.29, 1.82) is 0 Å². The number of urea groups is 1. The van der Waals surface area contributed by atoms with Crippen LogP contribution in [0.3, 0.4) is 0 Å². The number of carbonyl (C=O) groups is 2. The molecule has 2 amide bonds. The zero-order chi connectivity index (χ0) is 17.1. The molecule has 1 aliphatic heterocycles. The van der Waals surface area contributed by atoms with Gasteiger partial charge in [0.25, 0.3) is 6.47 Å². The van der Waals surface area contributed by atoms with Crippen LogP contribution in [-0.4, -0.2) is 70.8 Å². The first kappa shape index (κ1) is 18.6. The summed E-state index contributed by atoms with van der Waals surface area (Å²) >= 11 is 0. The number of carboxylic acid groups (broad SMARTS) is 1. The molecule has 1 atom stereocenters. The summed E-state index contributed by atoms with van der Waals surface area (Å²) in [4.78, 5) is 28.1. The van der Waals surface area contributed by atoms with Crippen LogP contribution in [0.1, 0.15) is 12.2 Å². The lowest BCUT2D eigenvalue weighted by Crippen LogP contribution is -2.39. The Morgan fingerprint density at radius 1 is 1.70 bits per heavy atom. The second-order valence-corrected chi connectivity index (χ2v) is 5.20. The van der Waals surface area contributed by atoms with Crippen molar-refractivity contribution in [1.82, 2.24) is 25.3 Å². The van der Waals surface area contributed by atoms with Gasteiger partial charge in [-0.05, 0) is 18.9 Å². The molecule has 1 aromatic heterocycles. The molecule has 128 valence electrons. The summed E-state index contributed by atoms with van der Waals surface area (Å²) < 4.78 is 4.64. The van der Waals surface area contributed by atoms with E-state index in [-0.39, 0.29) is 12.5 Å². The van der Waals surface area contributed by atoms with E-state index in [0.29, 0.717) is 24.8 Å². The number of amides is 2. The SMILES string of the molecule is C=CCN1CCC(CNC(=O)N(C)Cc2ncon2)C1.O=CO. The third kappa shape index (κ3) is 6.92. The van der Waals surface area contributed by atoms with Gasteiger partial charge in [0.05, 0.1) is 6.54 Å². The van der Waals surface area contributed by atoms with Crippen LogP contribution >= 0.6 is 0 Å². The molecule has 9 nitrogen and oxygen atoms in total. The fourth-order valence-electron chi connectivity index (χ4n) is 2.34. The normalized spacial score (nSPS) is 17.0. The van der Waals surface area contributed by atoms with E-state index >= 15 is 0 Å². The van der Waals surface area contributed by atoms with E-state index in [2.05, 4.69) is 31.5 Å². The second-order valence-electron chi connectivity index (χ2n) is 5.20. The lowest BCUT2D eigenvalue weighted by atomic mass is 10.1. The fourth-order valence-corrected chi connectivity index (χ4v) is 2.34. The Balaban J connectivity index is 0.000000816. The molecule has 0 aromatic carbocycles. The third-order valence-electron chi connectivity index (χ3n) is 3.43. The second kappa shape index (κ2) is 10.3. The van der Waals surface area contributed by atoms with Crippen LogP contribution in [0.15, 0.2) is 23.6 Å². The van der Waals surface area contributed by atoms with Gasteiger partial charge in [-0.3, -0.25) is 9.69 Å². The first-order valence-electron chi connectivity index (χ1n) is 7.26. The van der Waals surface area contributed by atoms with Gasteiger partial charge in [0, 0.05) is 26.7 Å². The van der Waals surface area contributed by atoms with Crippen LogP contribution in [0, 0.1) is 5.92 Å². The van der Waals surface area contributed by atoms with Crippen molar-refractivity contribution in [3.63, 3.8) is 0 Å². The maximum atomic E-state index is 11.9. The number of carbonyl (C=O) groups excluding carboxylic acids is 1. The van der Waals surface area contributed by atoms with Gasteiger partial charge in [-0.2, -0.15) is 4.98 Å². The summed E-state index contributed by atoms with van der Waals surface area (Å²) in [5.41, 5.74) is 0. The average molecular weight is 325 g/mol. The van der Waals surface area contributed by atoms with E-state index in [0.717, 1.165) is 26.1 Å². The van der Waals surface area contributed by atoms with Crippen molar-refractivity contribution in [3.05, 3.63) is 24.9 Å². The van der Waals surface area contributed by atoms with Gasteiger partial charge in [0.2, 0.25) is 6.39 Å². The first-order chi connectivity index (χ1) is 11.1. The molecule has 1 unspecified atom stereocenters. The summed E-state index contributed by atoms with van der Waals surface area (Å²) in [5, 5.41) is 13.5. The molecular formula is C14H23N5O4. The highest BCUT2D eigenvalue weighted by atomic mass is 16.5. The van der Waals surface area contributed by atoms with Crippen LogP contribution in [0.4, 0.5) is 4.79 Å². The molecule has 0 saturated carbocycles. The minimum absolute atomic E-state index is 0.114. The van der Waals surface area contributed by atoms with Gasteiger partial charge in [0.1, 0.15) is 0 Å². The molecule has 23 heavy (non-hydrogen) atoms. The minimum Gasteiger partial charge on any atom is -0.483 e. The van der Waals surface area contributed by atoms with Crippen molar-refractivity contribution in [2.45, 2.75) is 13.0 Å². The van der Waals surface area contributed by atoms with E-state index in [1.807, 2.05) is 6.08 Å². The first-order valence-corrected chi connectivity index (χ1v) is 7.26. The van der Waals surface area contributed by atoms with Crippen molar-refractivity contribution in [3.8, 4) is 0 Å². The molecule has 1 aromatic rings. The Morgan fingerprint density at radius 2 is 2.43 bits per heavy atom. The Morgan fingerprint density at radius 3 is 3.04 bits per heavy atom. The average Bonchev–Trinajstić information content (AvgIpc) is 3.18. The molecule has 2 N–H and O–H groups in total. The van der Waals surface area contributed by atoms with E-state index in [1.54, 1.807) is 11.9 Å². The summed E-state index contributed by atoms with van der Waals surface area (Å²) in [6.07, 6.45) is 4.29. The molecule has 0 aliphatic carbocycles.